The lowest BCUT2D eigenvalue weighted by atomic mass is 9.78. The van der Waals surface area contributed by atoms with Crippen LogP contribution in [0.25, 0.3) is 0 Å². The average Bonchev–Trinajstić information content (AvgIpc) is 2.67. The molecule has 0 radical (unpaired) electrons. The van der Waals surface area contributed by atoms with Crippen molar-refractivity contribution in [3.63, 3.8) is 0 Å². The maximum atomic E-state index is 6.04. The molecule has 3 rings (SSSR count). The zero-order valence-corrected chi connectivity index (χ0v) is 10.4. The van der Waals surface area contributed by atoms with Crippen LogP contribution in [0.15, 0.2) is 0 Å². The molecule has 1 saturated heterocycles. The van der Waals surface area contributed by atoms with E-state index in [-0.39, 0.29) is 0 Å². The molecular weight excluding hydrogens is 196 g/mol. The van der Waals surface area contributed by atoms with E-state index < -0.39 is 0 Å². The van der Waals surface area contributed by atoms with Gasteiger partial charge in [-0.15, -0.1) is 0 Å². The van der Waals surface area contributed by atoms with Crippen LogP contribution in [-0.2, 0) is 0 Å². The summed E-state index contributed by atoms with van der Waals surface area (Å²) < 4.78 is 0. The Hall–Kier alpha value is -0.0800. The van der Waals surface area contributed by atoms with Crippen molar-refractivity contribution in [2.45, 2.75) is 63.5 Å². The summed E-state index contributed by atoms with van der Waals surface area (Å²) in [6, 6.07) is 1.63. The third kappa shape index (κ3) is 1.80. The lowest BCUT2D eigenvalue weighted by Gasteiger charge is -2.43. The molecule has 3 fully saturated rings. The molecule has 0 aromatic heterocycles. The van der Waals surface area contributed by atoms with Crippen molar-refractivity contribution in [1.29, 1.82) is 0 Å². The first kappa shape index (κ1) is 11.0. The van der Waals surface area contributed by atoms with Crippen molar-refractivity contribution < 1.29 is 0 Å². The Morgan fingerprint density at radius 3 is 2.50 bits per heavy atom. The van der Waals surface area contributed by atoms with Gasteiger partial charge in [0.2, 0.25) is 0 Å². The zero-order valence-electron chi connectivity index (χ0n) is 10.4. The highest BCUT2D eigenvalue weighted by atomic mass is 15.2. The molecule has 3 aliphatic rings. The van der Waals surface area contributed by atoms with E-state index in [2.05, 4.69) is 4.90 Å². The summed E-state index contributed by atoms with van der Waals surface area (Å²) in [4.78, 5) is 2.81. The summed E-state index contributed by atoms with van der Waals surface area (Å²) in [6.45, 7) is 2.24. The first-order valence-electron chi connectivity index (χ1n) is 7.36. The van der Waals surface area contributed by atoms with Gasteiger partial charge in [-0.2, -0.15) is 0 Å². The second kappa shape index (κ2) is 4.66. The van der Waals surface area contributed by atoms with Crippen LogP contribution < -0.4 is 5.73 Å². The van der Waals surface area contributed by atoms with E-state index in [9.17, 15) is 0 Å². The monoisotopic (exact) mass is 222 g/mol. The van der Waals surface area contributed by atoms with Gasteiger partial charge < -0.3 is 5.73 Å². The van der Waals surface area contributed by atoms with Crippen molar-refractivity contribution in [2.75, 3.05) is 13.1 Å². The topological polar surface area (TPSA) is 29.3 Å². The molecule has 2 aliphatic carbocycles. The summed E-state index contributed by atoms with van der Waals surface area (Å²) in [5, 5.41) is 0. The number of fused-ring (bicyclic) bond motifs is 1. The fourth-order valence-corrected chi connectivity index (χ4v) is 4.28. The summed E-state index contributed by atoms with van der Waals surface area (Å²) in [5.74, 6) is 1.95. The van der Waals surface area contributed by atoms with Gasteiger partial charge in [0.1, 0.15) is 0 Å². The summed E-state index contributed by atoms with van der Waals surface area (Å²) in [6.07, 6.45) is 11.7. The van der Waals surface area contributed by atoms with E-state index in [0.717, 1.165) is 30.5 Å². The standard InChI is InChI=1S/C14H26N2/c15-10-14(11-5-3-6-11)16-9-8-12-4-1-2-7-13(12)16/h11-14H,1-10,15H2. The van der Waals surface area contributed by atoms with E-state index >= 15 is 0 Å². The van der Waals surface area contributed by atoms with Crippen molar-refractivity contribution in [1.82, 2.24) is 4.90 Å². The third-order valence-electron chi connectivity index (χ3n) is 5.41. The molecule has 2 heteroatoms. The number of likely N-dealkylation sites (tertiary alicyclic amines) is 1. The van der Waals surface area contributed by atoms with E-state index in [4.69, 9.17) is 5.73 Å². The lowest BCUT2D eigenvalue weighted by molar-refractivity contribution is 0.0678. The maximum absolute atomic E-state index is 6.04. The predicted molar refractivity (Wildman–Crippen MR) is 67.3 cm³/mol. The number of hydrogen-bond donors (Lipinski definition) is 1. The number of hydrogen-bond acceptors (Lipinski definition) is 2. The maximum Gasteiger partial charge on any atom is 0.0249 e. The second-order valence-corrected chi connectivity index (χ2v) is 6.13. The van der Waals surface area contributed by atoms with Gasteiger partial charge in [0, 0.05) is 18.6 Å². The van der Waals surface area contributed by atoms with Crippen LogP contribution >= 0.6 is 0 Å². The largest absolute Gasteiger partial charge is 0.329 e. The van der Waals surface area contributed by atoms with E-state index in [0.29, 0.717) is 0 Å². The molecule has 3 unspecified atom stereocenters. The van der Waals surface area contributed by atoms with Crippen molar-refractivity contribution in [3.05, 3.63) is 0 Å². The van der Waals surface area contributed by atoms with Crippen LogP contribution in [0.1, 0.15) is 51.4 Å². The molecule has 2 nitrogen and oxygen atoms in total. The molecule has 92 valence electrons. The minimum absolute atomic E-state index is 0.724. The van der Waals surface area contributed by atoms with E-state index in [1.54, 1.807) is 0 Å². The molecular formula is C14H26N2. The van der Waals surface area contributed by atoms with Gasteiger partial charge in [0.25, 0.3) is 0 Å². The fourth-order valence-electron chi connectivity index (χ4n) is 4.28. The summed E-state index contributed by atoms with van der Waals surface area (Å²) >= 11 is 0. The number of nitrogens with zero attached hydrogens (tertiary/aromatic N) is 1. The van der Waals surface area contributed by atoms with Gasteiger partial charge in [-0.25, -0.2) is 0 Å². The van der Waals surface area contributed by atoms with E-state index in [1.165, 1.54) is 57.9 Å². The smallest absolute Gasteiger partial charge is 0.0249 e. The van der Waals surface area contributed by atoms with Gasteiger partial charge in [-0.05, 0) is 50.5 Å². The Morgan fingerprint density at radius 1 is 1.00 bits per heavy atom. The van der Waals surface area contributed by atoms with Crippen LogP contribution in [0.3, 0.4) is 0 Å². The van der Waals surface area contributed by atoms with Crippen LogP contribution in [0.2, 0.25) is 0 Å². The molecule has 1 aliphatic heterocycles. The van der Waals surface area contributed by atoms with Crippen LogP contribution in [0, 0.1) is 11.8 Å². The number of rotatable bonds is 3. The molecule has 0 bridgehead atoms. The normalized spacial score (nSPS) is 38.1. The number of nitrogens with two attached hydrogens (primary N) is 1. The van der Waals surface area contributed by atoms with Crippen molar-refractivity contribution >= 4 is 0 Å². The Morgan fingerprint density at radius 2 is 1.81 bits per heavy atom. The highest BCUT2D eigenvalue weighted by Gasteiger charge is 2.41. The zero-order chi connectivity index (χ0) is 11.0. The molecule has 0 amide bonds. The Kier molecular flexibility index (Phi) is 3.21. The minimum atomic E-state index is 0.724. The third-order valence-corrected chi connectivity index (χ3v) is 5.41. The molecule has 3 atom stereocenters. The van der Waals surface area contributed by atoms with Gasteiger partial charge in [0.15, 0.2) is 0 Å². The minimum Gasteiger partial charge on any atom is -0.329 e. The first-order valence-corrected chi connectivity index (χ1v) is 7.36. The van der Waals surface area contributed by atoms with Crippen LogP contribution in [-0.4, -0.2) is 30.1 Å². The molecule has 1 heterocycles. The molecule has 0 aromatic carbocycles. The van der Waals surface area contributed by atoms with Crippen LogP contribution in [0.5, 0.6) is 0 Å². The Bertz CT molecular complexity index is 237. The molecule has 0 spiro atoms. The van der Waals surface area contributed by atoms with Gasteiger partial charge in [-0.1, -0.05) is 19.3 Å². The second-order valence-electron chi connectivity index (χ2n) is 6.13. The summed E-state index contributed by atoms with van der Waals surface area (Å²) in [7, 11) is 0. The Labute approximate surface area is 99.6 Å². The van der Waals surface area contributed by atoms with Gasteiger partial charge >= 0.3 is 0 Å². The highest BCUT2D eigenvalue weighted by Crippen LogP contribution is 2.41. The quantitative estimate of drug-likeness (QED) is 0.794. The molecule has 0 aromatic rings. The SMILES string of the molecule is NCC(C1CCC1)N1CCC2CCCCC21. The van der Waals surface area contributed by atoms with Gasteiger partial charge in [-0.3, -0.25) is 4.90 Å². The molecule has 16 heavy (non-hydrogen) atoms. The Balaban J connectivity index is 1.68. The van der Waals surface area contributed by atoms with Gasteiger partial charge in [0.05, 0.1) is 0 Å². The lowest BCUT2D eigenvalue weighted by Crippen LogP contribution is -2.51. The fraction of sp³-hybridized carbons (Fsp3) is 1.00. The summed E-state index contributed by atoms with van der Waals surface area (Å²) in [5.41, 5.74) is 6.04. The van der Waals surface area contributed by atoms with Crippen molar-refractivity contribution in [2.24, 2.45) is 17.6 Å². The predicted octanol–water partition coefficient (Wildman–Crippen LogP) is 2.38. The van der Waals surface area contributed by atoms with Crippen LogP contribution in [0.4, 0.5) is 0 Å². The average molecular weight is 222 g/mol. The highest BCUT2D eigenvalue weighted by molar-refractivity contribution is 4.96. The van der Waals surface area contributed by atoms with E-state index in [1.807, 2.05) is 0 Å². The van der Waals surface area contributed by atoms with Crippen molar-refractivity contribution in [3.8, 4) is 0 Å². The first-order chi connectivity index (χ1) is 7.90. The molecule has 2 N–H and O–H groups in total. The molecule has 2 saturated carbocycles.